The van der Waals surface area contributed by atoms with Gasteiger partial charge in [-0.05, 0) is 71.4 Å². The Morgan fingerprint density at radius 3 is 2.89 bits per heavy atom. The monoisotopic (exact) mass is 375 g/mol. The molecule has 1 N–H and O–H groups in total. The number of aryl methyl sites for hydroxylation is 1. The van der Waals surface area contributed by atoms with Gasteiger partial charge in [0.25, 0.3) is 5.91 Å². The standard InChI is InChI=1S/C14H18INOS/c1-10-3-2-4-12(13(10)15)14(17)16-9-11-5-7-18-8-6-11/h2-4,11H,5-9H2,1H3,(H,16,17). The molecule has 18 heavy (non-hydrogen) atoms. The van der Waals surface area contributed by atoms with E-state index in [0.717, 1.165) is 21.2 Å². The first-order valence-corrected chi connectivity index (χ1v) is 8.53. The lowest BCUT2D eigenvalue weighted by Gasteiger charge is -2.21. The van der Waals surface area contributed by atoms with Crippen LogP contribution in [0.4, 0.5) is 0 Å². The van der Waals surface area contributed by atoms with Gasteiger partial charge in [-0.2, -0.15) is 11.8 Å². The van der Waals surface area contributed by atoms with Crippen LogP contribution in [0.2, 0.25) is 0 Å². The van der Waals surface area contributed by atoms with Gasteiger partial charge in [0.1, 0.15) is 0 Å². The second kappa shape index (κ2) is 6.80. The van der Waals surface area contributed by atoms with Crippen LogP contribution in [0.3, 0.4) is 0 Å². The van der Waals surface area contributed by atoms with Crippen molar-refractivity contribution in [3.8, 4) is 0 Å². The summed E-state index contributed by atoms with van der Waals surface area (Å²) in [5, 5.41) is 3.08. The van der Waals surface area contributed by atoms with Crippen LogP contribution in [0, 0.1) is 16.4 Å². The number of halogens is 1. The van der Waals surface area contributed by atoms with Crippen LogP contribution in [0.25, 0.3) is 0 Å². The van der Waals surface area contributed by atoms with E-state index in [9.17, 15) is 4.79 Å². The summed E-state index contributed by atoms with van der Waals surface area (Å²) in [6.45, 7) is 2.86. The lowest BCUT2D eigenvalue weighted by molar-refractivity contribution is 0.0945. The van der Waals surface area contributed by atoms with Crippen LogP contribution >= 0.6 is 34.4 Å². The lowest BCUT2D eigenvalue weighted by Crippen LogP contribution is -2.31. The predicted octanol–water partition coefficient (Wildman–Crippen LogP) is 3.47. The molecule has 1 aromatic rings. The lowest BCUT2D eigenvalue weighted by atomic mass is 10.0. The Morgan fingerprint density at radius 1 is 1.44 bits per heavy atom. The fraction of sp³-hybridized carbons (Fsp3) is 0.500. The average Bonchev–Trinajstić information content (AvgIpc) is 2.40. The van der Waals surface area contributed by atoms with Crippen molar-refractivity contribution in [1.29, 1.82) is 0 Å². The number of carbonyl (C=O) groups excluding carboxylic acids is 1. The minimum atomic E-state index is 0.0707. The van der Waals surface area contributed by atoms with Gasteiger partial charge >= 0.3 is 0 Å². The highest BCUT2D eigenvalue weighted by atomic mass is 127. The first-order chi connectivity index (χ1) is 8.68. The molecule has 4 heteroatoms. The molecule has 0 radical (unpaired) electrons. The molecule has 1 aliphatic heterocycles. The number of nitrogens with one attached hydrogen (secondary N) is 1. The molecule has 1 fully saturated rings. The molecule has 1 aliphatic rings. The van der Waals surface area contributed by atoms with Crippen LogP contribution in [-0.2, 0) is 0 Å². The Hall–Kier alpha value is -0.230. The number of benzene rings is 1. The van der Waals surface area contributed by atoms with Gasteiger partial charge in [0.15, 0.2) is 0 Å². The molecule has 1 heterocycles. The number of carbonyl (C=O) groups is 1. The number of thioether (sulfide) groups is 1. The summed E-state index contributed by atoms with van der Waals surface area (Å²) in [6.07, 6.45) is 2.46. The molecular weight excluding hydrogens is 357 g/mol. The molecule has 0 atom stereocenters. The zero-order valence-electron chi connectivity index (χ0n) is 10.5. The number of rotatable bonds is 3. The van der Waals surface area contributed by atoms with E-state index in [1.54, 1.807) is 0 Å². The zero-order valence-corrected chi connectivity index (χ0v) is 13.5. The van der Waals surface area contributed by atoms with Gasteiger partial charge in [-0.15, -0.1) is 0 Å². The molecule has 2 rings (SSSR count). The summed E-state index contributed by atoms with van der Waals surface area (Å²) in [5.41, 5.74) is 1.97. The van der Waals surface area contributed by atoms with Crippen LogP contribution in [0.15, 0.2) is 18.2 Å². The normalized spacial score (nSPS) is 16.6. The van der Waals surface area contributed by atoms with Gasteiger partial charge in [-0.3, -0.25) is 4.79 Å². The highest BCUT2D eigenvalue weighted by Gasteiger charge is 2.16. The Balaban J connectivity index is 1.93. The Kier molecular flexibility index (Phi) is 5.36. The molecule has 2 nitrogen and oxygen atoms in total. The summed E-state index contributed by atoms with van der Waals surface area (Å²) >= 11 is 4.27. The second-order valence-electron chi connectivity index (χ2n) is 4.70. The highest BCUT2D eigenvalue weighted by Crippen LogP contribution is 2.22. The Labute approximate surface area is 126 Å². The van der Waals surface area contributed by atoms with Crippen molar-refractivity contribution < 1.29 is 4.79 Å². The summed E-state index contributed by atoms with van der Waals surface area (Å²) in [4.78, 5) is 12.1. The van der Waals surface area contributed by atoms with E-state index in [1.807, 2.05) is 36.9 Å². The minimum Gasteiger partial charge on any atom is -0.352 e. The molecule has 98 valence electrons. The van der Waals surface area contributed by atoms with E-state index in [-0.39, 0.29) is 5.91 Å². The van der Waals surface area contributed by atoms with Crippen LogP contribution in [-0.4, -0.2) is 24.0 Å². The third-order valence-electron chi connectivity index (χ3n) is 3.33. The molecule has 0 aromatic heterocycles. The molecule has 0 bridgehead atoms. The average molecular weight is 375 g/mol. The van der Waals surface area contributed by atoms with E-state index in [0.29, 0.717) is 5.92 Å². The third-order valence-corrected chi connectivity index (χ3v) is 5.81. The van der Waals surface area contributed by atoms with Crippen LogP contribution in [0.1, 0.15) is 28.8 Å². The van der Waals surface area contributed by atoms with Crippen molar-refractivity contribution in [2.45, 2.75) is 19.8 Å². The minimum absolute atomic E-state index is 0.0707. The van der Waals surface area contributed by atoms with E-state index < -0.39 is 0 Å². The molecule has 0 unspecified atom stereocenters. The SMILES string of the molecule is Cc1cccc(C(=O)NCC2CCSCC2)c1I. The molecule has 0 spiro atoms. The Morgan fingerprint density at radius 2 is 2.17 bits per heavy atom. The van der Waals surface area contributed by atoms with E-state index in [2.05, 4.69) is 27.9 Å². The van der Waals surface area contributed by atoms with Crippen molar-refractivity contribution in [1.82, 2.24) is 5.32 Å². The summed E-state index contributed by atoms with van der Waals surface area (Å²) in [7, 11) is 0. The first-order valence-electron chi connectivity index (χ1n) is 6.29. The van der Waals surface area contributed by atoms with Gasteiger partial charge < -0.3 is 5.32 Å². The topological polar surface area (TPSA) is 29.1 Å². The molecule has 0 aliphatic carbocycles. The van der Waals surface area contributed by atoms with Gasteiger partial charge in [-0.25, -0.2) is 0 Å². The molecule has 1 amide bonds. The molecule has 1 aromatic carbocycles. The quantitative estimate of drug-likeness (QED) is 0.820. The van der Waals surface area contributed by atoms with Crippen LogP contribution < -0.4 is 5.32 Å². The van der Waals surface area contributed by atoms with E-state index in [4.69, 9.17) is 0 Å². The number of hydrogen-bond donors (Lipinski definition) is 1. The van der Waals surface area contributed by atoms with Crippen molar-refractivity contribution in [2.75, 3.05) is 18.1 Å². The smallest absolute Gasteiger partial charge is 0.252 e. The highest BCUT2D eigenvalue weighted by molar-refractivity contribution is 14.1. The van der Waals surface area contributed by atoms with E-state index in [1.165, 1.54) is 24.3 Å². The largest absolute Gasteiger partial charge is 0.352 e. The van der Waals surface area contributed by atoms with Crippen molar-refractivity contribution >= 4 is 40.3 Å². The maximum Gasteiger partial charge on any atom is 0.252 e. The van der Waals surface area contributed by atoms with Crippen molar-refractivity contribution in [2.24, 2.45) is 5.92 Å². The summed E-state index contributed by atoms with van der Waals surface area (Å²) in [6, 6.07) is 5.89. The van der Waals surface area contributed by atoms with Gasteiger partial charge in [0.05, 0.1) is 5.56 Å². The fourth-order valence-corrected chi connectivity index (χ4v) is 3.91. The van der Waals surface area contributed by atoms with Crippen molar-refractivity contribution in [3.63, 3.8) is 0 Å². The van der Waals surface area contributed by atoms with Gasteiger partial charge in [0.2, 0.25) is 0 Å². The molecule has 1 saturated heterocycles. The number of hydrogen-bond acceptors (Lipinski definition) is 2. The first kappa shape index (κ1) is 14.2. The van der Waals surface area contributed by atoms with Crippen molar-refractivity contribution in [3.05, 3.63) is 32.9 Å². The second-order valence-corrected chi connectivity index (χ2v) is 7.01. The summed E-state index contributed by atoms with van der Waals surface area (Å²) < 4.78 is 1.06. The van der Waals surface area contributed by atoms with Gasteiger partial charge in [-0.1, -0.05) is 12.1 Å². The molecular formula is C14H18INOS. The maximum atomic E-state index is 12.1. The fourth-order valence-electron chi connectivity index (χ4n) is 2.11. The molecule has 0 saturated carbocycles. The maximum absolute atomic E-state index is 12.1. The number of amides is 1. The van der Waals surface area contributed by atoms with E-state index >= 15 is 0 Å². The van der Waals surface area contributed by atoms with Gasteiger partial charge in [0, 0.05) is 10.1 Å². The summed E-state index contributed by atoms with van der Waals surface area (Å²) in [5.74, 6) is 3.21. The zero-order chi connectivity index (χ0) is 13.0. The van der Waals surface area contributed by atoms with Crippen LogP contribution in [0.5, 0.6) is 0 Å². The predicted molar refractivity (Wildman–Crippen MR) is 86.3 cm³/mol. The Bertz CT molecular complexity index is 430. The third kappa shape index (κ3) is 3.63.